The molecule has 2 amide bonds. The molecule has 1 aromatic rings. The van der Waals surface area contributed by atoms with Crippen LogP contribution < -0.4 is 5.46 Å². The van der Waals surface area contributed by atoms with Crippen LogP contribution in [0.4, 0.5) is 4.79 Å². The lowest BCUT2D eigenvalue weighted by Crippen LogP contribution is -2.41. The van der Waals surface area contributed by atoms with Gasteiger partial charge in [0.1, 0.15) is 11.3 Å². The lowest BCUT2D eigenvalue weighted by Gasteiger charge is -2.32. The molecule has 0 saturated carbocycles. The van der Waals surface area contributed by atoms with Crippen molar-refractivity contribution in [2.24, 2.45) is 0 Å². The second-order valence-corrected chi connectivity index (χ2v) is 10.3. The molecule has 8 nitrogen and oxygen atoms in total. The molecule has 0 aliphatic carbocycles. The van der Waals surface area contributed by atoms with Gasteiger partial charge >= 0.3 is 13.2 Å². The third-order valence-corrected chi connectivity index (χ3v) is 6.21. The average Bonchev–Trinajstić information content (AvgIpc) is 3.22. The van der Waals surface area contributed by atoms with Gasteiger partial charge in [-0.3, -0.25) is 9.78 Å². The van der Waals surface area contributed by atoms with Crippen molar-refractivity contribution in [2.75, 3.05) is 20.1 Å². The van der Waals surface area contributed by atoms with E-state index in [1.54, 1.807) is 29.1 Å². The first-order valence-corrected chi connectivity index (χ1v) is 10.8. The molecule has 3 heterocycles. The maximum absolute atomic E-state index is 12.9. The second kappa shape index (κ2) is 8.09. The molecule has 31 heavy (non-hydrogen) atoms. The molecular formula is C22H34BN3O5. The lowest BCUT2D eigenvalue weighted by atomic mass is 9.80. The molecule has 0 radical (unpaired) electrons. The third kappa shape index (κ3) is 5.04. The van der Waals surface area contributed by atoms with E-state index in [4.69, 9.17) is 14.0 Å². The second-order valence-electron chi connectivity index (χ2n) is 10.3. The number of aromatic nitrogens is 1. The van der Waals surface area contributed by atoms with Crippen LogP contribution in [0, 0.1) is 0 Å². The zero-order chi connectivity index (χ0) is 23.2. The van der Waals surface area contributed by atoms with Gasteiger partial charge in [0.15, 0.2) is 0 Å². The van der Waals surface area contributed by atoms with E-state index in [9.17, 15) is 9.59 Å². The number of amides is 2. The van der Waals surface area contributed by atoms with Crippen molar-refractivity contribution in [3.05, 3.63) is 24.0 Å². The lowest BCUT2D eigenvalue weighted by molar-refractivity contribution is 0.00578. The van der Waals surface area contributed by atoms with Crippen molar-refractivity contribution in [3.8, 4) is 0 Å². The van der Waals surface area contributed by atoms with Crippen LogP contribution in [-0.2, 0) is 14.0 Å². The quantitative estimate of drug-likeness (QED) is 0.684. The van der Waals surface area contributed by atoms with E-state index >= 15 is 0 Å². The molecule has 0 aromatic carbocycles. The summed E-state index contributed by atoms with van der Waals surface area (Å²) >= 11 is 0. The van der Waals surface area contributed by atoms with Crippen LogP contribution in [0.2, 0.25) is 0 Å². The van der Waals surface area contributed by atoms with E-state index < -0.39 is 23.9 Å². The van der Waals surface area contributed by atoms with Crippen molar-refractivity contribution in [1.82, 2.24) is 14.8 Å². The predicted molar refractivity (Wildman–Crippen MR) is 118 cm³/mol. The monoisotopic (exact) mass is 431 g/mol. The van der Waals surface area contributed by atoms with E-state index in [2.05, 4.69) is 4.98 Å². The topological polar surface area (TPSA) is 81.2 Å². The highest BCUT2D eigenvalue weighted by molar-refractivity contribution is 6.62. The summed E-state index contributed by atoms with van der Waals surface area (Å²) in [4.78, 5) is 32.9. The molecule has 0 N–H and O–H groups in total. The molecule has 2 saturated heterocycles. The van der Waals surface area contributed by atoms with E-state index in [-0.39, 0.29) is 18.0 Å². The number of rotatable bonds is 3. The highest BCUT2D eigenvalue weighted by Crippen LogP contribution is 2.36. The Morgan fingerprint density at radius 1 is 1.19 bits per heavy atom. The van der Waals surface area contributed by atoms with Crippen LogP contribution >= 0.6 is 0 Å². The van der Waals surface area contributed by atoms with Gasteiger partial charge in [-0.05, 0) is 61.0 Å². The van der Waals surface area contributed by atoms with Crippen LogP contribution in [0.5, 0.6) is 0 Å². The third-order valence-electron chi connectivity index (χ3n) is 6.21. The first kappa shape index (κ1) is 23.5. The average molecular weight is 431 g/mol. The smallest absolute Gasteiger partial charge is 0.444 e. The largest absolute Gasteiger partial charge is 0.496 e. The number of nitrogens with zero attached hydrogens (tertiary/aromatic N) is 3. The van der Waals surface area contributed by atoms with Crippen molar-refractivity contribution in [1.29, 1.82) is 0 Å². The first-order chi connectivity index (χ1) is 14.2. The van der Waals surface area contributed by atoms with Crippen molar-refractivity contribution >= 4 is 24.6 Å². The number of hydrogen-bond donors (Lipinski definition) is 0. The zero-order valence-electron chi connectivity index (χ0n) is 19.9. The summed E-state index contributed by atoms with van der Waals surface area (Å²) in [6.07, 6.45) is 1.99. The van der Waals surface area contributed by atoms with Gasteiger partial charge in [0.2, 0.25) is 0 Å². The van der Waals surface area contributed by atoms with Gasteiger partial charge in [0.05, 0.1) is 17.2 Å². The van der Waals surface area contributed by atoms with Crippen molar-refractivity contribution in [2.45, 2.75) is 77.7 Å². The van der Waals surface area contributed by atoms with Gasteiger partial charge in [0.25, 0.3) is 5.91 Å². The normalized spacial score (nSPS) is 22.5. The fourth-order valence-electron chi connectivity index (χ4n) is 3.55. The Labute approximate surface area is 185 Å². The number of ether oxygens (including phenoxy) is 1. The molecule has 1 atom stereocenters. The van der Waals surface area contributed by atoms with E-state index in [1.165, 1.54) is 0 Å². The molecule has 2 aliphatic heterocycles. The molecule has 9 heteroatoms. The fraction of sp³-hybridized carbons (Fsp3) is 0.682. The van der Waals surface area contributed by atoms with E-state index in [0.717, 1.165) is 5.46 Å². The van der Waals surface area contributed by atoms with Crippen LogP contribution in [0.3, 0.4) is 0 Å². The number of likely N-dealkylation sites (tertiary alicyclic amines) is 1. The number of hydrogen-bond acceptors (Lipinski definition) is 6. The Balaban J connectivity index is 1.61. The van der Waals surface area contributed by atoms with Crippen molar-refractivity contribution in [3.63, 3.8) is 0 Å². The molecule has 2 fully saturated rings. The van der Waals surface area contributed by atoms with E-state index in [0.29, 0.717) is 25.2 Å². The van der Waals surface area contributed by atoms with Gasteiger partial charge in [-0.25, -0.2) is 4.79 Å². The highest BCUT2D eigenvalue weighted by atomic mass is 16.7. The van der Waals surface area contributed by atoms with Crippen LogP contribution in [0.1, 0.15) is 65.4 Å². The number of carbonyl (C=O) groups excluding carboxylic acids is 2. The van der Waals surface area contributed by atoms with E-state index in [1.807, 2.05) is 54.5 Å². The minimum Gasteiger partial charge on any atom is -0.444 e. The maximum atomic E-state index is 12.9. The summed E-state index contributed by atoms with van der Waals surface area (Å²) in [5, 5.41) is 0. The molecule has 0 bridgehead atoms. The van der Waals surface area contributed by atoms with Crippen LogP contribution in [0.25, 0.3) is 0 Å². The Hall–Kier alpha value is -2.13. The van der Waals surface area contributed by atoms with Gasteiger partial charge in [-0.2, -0.15) is 0 Å². The predicted octanol–water partition coefficient (Wildman–Crippen LogP) is 2.46. The standard InChI is InChI=1S/C22H34BN3O5/c1-20(2,3)29-19(28)26-12-11-16(14-26)25(8)18(27)17-10-9-15(13-24-17)23-30-21(4,5)22(6,7)31-23/h9-10,13,16H,11-12,14H2,1-8H3. The number of carbonyl (C=O) groups is 2. The zero-order valence-corrected chi connectivity index (χ0v) is 19.9. The summed E-state index contributed by atoms with van der Waals surface area (Å²) < 4.78 is 17.5. The van der Waals surface area contributed by atoms with Crippen molar-refractivity contribution < 1.29 is 23.6 Å². The minimum absolute atomic E-state index is 0.0791. The molecule has 0 spiro atoms. The highest BCUT2D eigenvalue weighted by Gasteiger charge is 2.51. The number of pyridine rings is 1. The summed E-state index contributed by atoms with van der Waals surface area (Å²) in [7, 11) is 1.23. The van der Waals surface area contributed by atoms with Gasteiger partial charge in [-0.1, -0.05) is 6.07 Å². The summed E-state index contributed by atoms with van der Waals surface area (Å²) in [6, 6.07) is 3.43. The Bertz CT molecular complexity index is 819. The molecular weight excluding hydrogens is 397 g/mol. The van der Waals surface area contributed by atoms with Gasteiger partial charge in [0, 0.05) is 31.8 Å². The Morgan fingerprint density at radius 2 is 1.81 bits per heavy atom. The summed E-state index contributed by atoms with van der Waals surface area (Å²) in [5.74, 6) is -0.184. The van der Waals surface area contributed by atoms with Crippen LogP contribution in [0.15, 0.2) is 18.3 Å². The maximum Gasteiger partial charge on any atom is 0.496 e. The molecule has 170 valence electrons. The SMILES string of the molecule is CN(C(=O)c1ccc(B2OC(C)(C)C(C)(C)O2)cn1)C1CCN(C(=O)OC(C)(C)C)C1. The Kier molecular flexibility index (Phi) is 6.14. The summed E-state index contributed by atoms with van der Waals surface area (Å²) in [5.41, 5.74) is -0.294. The minimum atomic E-state index is -0.542. The summed E-state index contributed by atoms with van der Waals surface area (Å²) in [6.45, 7) is 14.5. The number of likely N-dealkylation sites (N-methyl/N-ethyl adjacent to an activating group) is 1. The van der Waals surface area contributed by atoms with Gasteiger partial charge in [-0.15, -0.1) is 0 Å². The fourth-order valence-corrected chi connectivity index (χ4v) is 3.55. The van der Waals surface area contributed by atoms with Gasteiger partial charge < -0.3 is 23.8 Å². The molecule has 3 rings (SSSR count). The molecule has 1 unspecified atom stereocenters. The molecule has 2 aliphatic rings. The first-order valence-electron chi connectivity index (χ1n) is 10.8. The molecule has 1 aromatic heterocycles. The van der Waals surface area contributed by atoms with Crippen LogP contribution in [-0.4, -0.2) is 76.9 Å². The Morgan fingerprint density at radius 3 is 2.32 bits per heavy atom.